The molecule has 0 unspecified atom stereocenters. The minimum absolute atomic E-state index is 0.0441. The number of aromatic nitrogens is 2. The Kier molecular flexibility index (Phi) is 5.07. The Hall–Kier alpha value is -2.48. The van der Waals surface area contributed by atoms with Crippen molar-refractivity contribution in [3.8, 4) is 10.6 Å². The summed E-state index contributed by atoms with van der Waals surface area (Å²) in [6, 6.07) is 7.09. The van der Waals surface area contributed by atoms with E-state index in [9.17, 15) is 14.4 Å². The van der Waals surface area contributed by atoms with Crippen molar-refractivity contribution < 1.29 is 9.59 Å². The van der Waals surface area contributed by atoms with Gasteiger partial charge in [-0.2, -0.15) is 5.10 Å². The molecular formula is C19H22N4O3S. The Morgan fingerprint density at radius 3 is 2.81 bits per heavy atom. The van der Waals surface area contributed by atoms with Crippen molar-refractivity contribution in [3.63, 3.8) is 0 Å². The van der Waals surface area contributed by atoms with Gasteiger partial charge in [-0.05, 0) is 36.8 Å². The number of hydrogen-bond acceptors (Lipinski definition) is 5. The lowest BCUT2D eigenvalue weighted by Gasteiger charge is -2.34. The van der Waals surface area contributed by atoms with Crippen molar-refractivity contribution in [2.24, 2.45) is 0 Å². The van der Waals surface area contributed by atoms with Crippen molar-refractivity contribution in [2.75, 3.05) is 26.2 Å². The standard InChI is InChI=1S/C19H22N4O3S/c24-17-6-2-10-22(17)13-19(26)21-9-1-4-14(12-21)23-18(25)8-7-15(20-23)16-5-3-11-27-16/h3,5,7-8,11,14H,1-2,4,6,9-10,12-13H2/t14-/m0/s1. The molecule has 1 atom stereocenters. The molecule has 8 heteroatoms. The Balaban J connectivity index is 1.49. The van der Waals surface area contributed by atoms with Crippen molar-refractivity contribution in [2.45, 2.75) is 31.7 Å². The number of nitrogens with zero attached hydrogens (tertiary/aromatic N) is 4. The van der Waals surface area contributed by atoms with Gasteiger partial charge in [0.1, 0.15) is 5.69 Å². The number of carbonyl (C=O) groups is 2. The average molecular weight is 386 g/mol. The van der Waals surface area contributed by atoms with Crippen LogP contribution in [-0.4, -0.2) is 57.6 Å². The molecule has 7 nitrogen and oxygen atoms in total. The number of rotatable bonds is 4. The van der Waals surface area contributed by atoms with Gasteiger partial charge in [-0.1, -0.05) is 6.07 Å². The van der Waals surface area contributed by atoms with Crippen LogP contribution in [0, 0.1) is 0 Å². The fourth-order valence-electron chi connectivity index (χ4n) is 3.76. The second-order valence-corrected chi connectivity index (χ2v) is 7.98. The van der Waals surface area contributed by atoms with Crippen LogP contribution < -0.4 is 5.56 Å². The maximum atomic E-state index is 12.6. The Bertz CT molecular complexity index is 893. The lowest BCUT2D eigenvalue weighted by molar-refractivity contribution is -0.139. The highest BCUT2D eigenvalue weighted by Crippen LogP contribution is 2.24. The predicted octanol–water partition coefficient (Wildman–Crippen LogP) is 1.76. The quantitative estimate of drug-likeness (QED) is 0.802. The molecule has 0 spiro atoms. The molecule has 4 rings (SSSR count). The Labute approximate surface area is 161 Å². The van der Waals surface area contributed by atoms with E-state index in [1.54, 1.807) is 33.3 Å². The summed E-state index contributed by atoms with van der Waals surface area (Å²) in [5, 5.41) is 6.54. The summed E-state index contributed by atoms with van der Waals surface area (Å²) in [7, 11) is 0. The normalized spacial score (nSPS) is 20.3. The molecule has 27 heavy (non-hydrogen) atoms. The largest absolute Gasteiger partial charge is 0.339 e. The van der Waals surface area contributed by atoms with Crippen LogP contribution in [0.3, 0.4) is 0 Å². The van der Waals surface area contributed by atoms with E-state index in [0.717, 1.165) is 29.8 Å². The van der Waals surface area contributed by atoms with Gasteiger partial charge < -0.3 is 9.80 Å². The zero-order valence-electron chi connectivity index (χ0n) is 15.0. The minimum Gasteiger partial charge on any atom is -0.339 e. The highest BCUT2D eigenvalue weighted by atomic mass is 32.1. The molecule has 2 aromatic heterocycles. The molecule has 4 heterocycles. The lowest BCUT2D eigenvalue weighted by Crippen LogP contribution is -2.47. The van der Waals surface area contributed by atoms with E-state index >= 15 is 0 Å². The van der Waals surface area contributed by atoms with Crippen LogP contribution in [0.25, 0.3) is 10.6 Å². The van der Waals surface area contributed by atoms with Crippen molar-refractivity contribution in [1.29, 1.82) is 0 Å². The molecule has 142 valence electrons. The van der Waals surface area contributed by atoms with Gasteiger partial charge in [-0.15, -0.1) is 11.3 Å². The summed E-state index contributed by atoms with van der Waals surface area (Å²) in [5.41, 5.74) is 0.625. The number of hydrogen-bond donors (Lipinski definition) is 0. The van der Waals surface area contributed by atoms with E-state index in [2.05, 4.69) is 5.10 Å². The Morgan fingerprint density at radius 2 is 2.07 bits per heavy atom. The summed E-state index contributed by atoms with van der Waals surface area (Å²) in [4.78, 5) is 41.2. The van der Waals surface area contributed by atoms with Crippen LogP contribution in [0.5, 0.6) is 0 Å². The predicted molar refractivity (Wildman–Crippen MR) is 102 cm³/mol. The molecule has 0 radical (unpaired) electrons. The number of thiophene rings is 1. The molecule has 2 aliphatic heterocycles. The summed E-state index contributed by atoms with van der Waals surface area (Å²) in [6.07, 6.45) is 2.99. The van der Waals surface area contributed by atoms with Crippen molar-refractivity contribution in [3.05, 3.63) is 40.0 Å². The summed E-state index contributed by atoms with van der Waals surface area (Å²) >= 11 is 1.58. The molecule has 0 N–H and O–H groups in total. The number of likely N-dealkylation sites (tertiary alicyclic amines) is 2. The first-order valence-electron chi connectivity index (χ1n) is 9.31. The van der Waals surface area contributed by atoms with Gasteiger partial charge in [0.25, 0.3) is 5.56 Å². The van der Waals surface area contributed by atoms with E-state index in [1.165, 1.54) is 4.68 Å². The van der Waals surface area contributed by atoms with Gasteiger partial charge in [-0.25, -0.2) is 4.68 Å². The third-order valence-electron chi connectivity index (χ3n) is 5.19. The van der Waals surface area contributed by atoms with Gasteiger partial charge in [0.2, 0.25) is 11.8 Å². The van der Waals surface area contributed by atoms with Gasteiger partial charge in [0.15, 0.2) is 0 Å². The molecule has 2 fully saturated rings. The molecule has 2 amide bonds. The molecule has 0 bridgehead atoms. The van der Waals surface area contributed by atoms with Crippen LogP contribution in [0.2, 0.25) is 0 Å². The molecular weight excluding hydrogens is 364 g/mol. The van der Waals surface area contributed by atoms with Gasteiger partial charge >= 0.3 is 0 Å². The van der Waals surface area contributed by atoms with Crippen LogP contribution in [-0.2, 0) is 9.59 Å². The maximum absolute atomic E-state index is 12.6. The third kappa shape index (κ3) is 3.80. The van der Waals surface area contributed by atoms with Gasteiger partial charge in [-0.3, -0.25) is 14.4 Å². The van der Waals surface area contributed by atoms with Crippen LogP contribution in [0.1, 0.15) is 31.7 Å². The molecule has 0 saturated carbocycles. The third-order valence-corrected chi connectivity index (χ3v) is 6.08. The first kappa shape index (κ1) is 17.9. The van der Waals surface area contributed by atoms with Crippen LogP contribution in [0.4, 0.5) is 0 Å². The van der Waals surface area contributed by atoms with Crippen LogP contribution >= 0.6 is 11.3 Å². The fourth-order valence-corrected chi connectivity index (χ4v) is 4.45. The second-order valence-electron chi connectivity index (χ2n) is 7.03. The summed E-state index contributed by atoms with van der Waals surface area (Å²) < 4.78 is 1.52. The van der Waals surface area contributed by atoms with Gasteiger partial charge in [0, 0.05) is 32.1 Å². The first-order chi connectivity index (χ1) is 13.1. The monoisotopic (exact) mass is 386 g/mol. The zero-order valence-corrected chi connectivity index (χ0v) is 15.9. The number of amides is 2. The lowest BCUT2D eigenvalue weighted by atomic mass is 10.1. The van der Waals surface area contributed by atoms with E-state index in [4.69, 9.17) is 0 Å². The van der Waals surface area contributed by atoms with E-state index < -0.39 is 0 Å². The minimum atomic E-state index is -0.149. The SMILES string of the molecule is O=C1CCCN1CC(=O)N1CCC[C@H](n2nc(-c3cccs3)ccc2=O)C1. The Morgan fingerprint density at radius 1 is 1.19 bits per heavy atom. The van der Waals surface area contributed by atoms with Crippen molar-refractivity contribution in [1.82, 2.24) is 19.6 Å². The molecule has 0 aromatic carbocycles. The number of piperidine rings is 1. The molecule has 2 aliphatic rings. The first-order valence-corrected chi connectivity index (χ1v) is 10.2. The molecule has 0 aliphatic carbocycles. The van der Waals surface area contributed by atoms with Gasteiger partial charge in [0.05, 0.1) is 17.5 Å². The topological polar surface area (TPSA) is 75.5 Å². The highest BCUT2D eigenvalue weighted by molar-refractivity contribution is 7.13. The van der Waals surface area contributed by atoms with Crippen LogP contribution in [0.15, 0.2) is 34.4 Å². The average Bonchev–Trinajstić information content (AvgIpc) is 3.35. The van der Waals surface area contributed by atoms with E-state index in [0.29, 0.717) is 26.1 Å². The zero-order chi connectivity index (χ0) is 18.8. The highest BCUT2D eigenvalue weighted by Gasteiger charge is 2.29. The summed E-state index contributed by atoms with van der Waals surface area (Å²) in [5.74, 6) is 0.0101. The smallest absolute Gasteiger partial charge is 0.267 e. The maximum Gasteiger partial charge on any atom is 0.267 e. The molecule has 2 saturated heterocycles. The van der Waals surface area contributed by atoms with E-state index in [1.807, 2.05) is 17.5 Å². The fraction of sp³-hybridized carbons (Fsp3) is 0.474. The number of carbonyl (C=O) groups excluding carboxylic acids is 2. The second kappa shape index (κ2) is 7.64. The summed E-state index contributed by atoms with van der Waals surface area (Å²) in [6.45, 7) is 1.92. The van der Waals surface area contributed by atoms with E-state index in [-0.39, 0.29) is 30.0 Å². The van der Waals surface area contributed by atoms with Crippen molar-refractivity contribution >= 4 is 23.2 Å². The molecule has 2 aromatic rings.